The number of anilines is 2. The quantitative estimate of drug-likeness (QED) is 0.741. The van der Waals surface area contributed by atoms with Crippen molar-refractivity contribution >= 4 is 29.3 Å². The molecule has 1 heterocycles. The Bertz CT molecular complexity index is 892. The summed E-state index contributed by atoms with van der Waals surface area (Å²) in [7, 11) is 1.58. The number of nitrogens with zero attached hydrogens (tertiary/aromatic N) is 1. The van der Waals surface area contributed by atoms with E-state index in [4.69, 9.17) is 9.47 Å². The highest BCUT2D eigenvalue weighted by atomic mass is 16.5. The molecule has 3 rings (SSSR count). The fourth-order valence-corrected chi connectivity index (χ4v) is 3.13. The van der Waals surface area contributed by atoms with E-state index in [2.05, 4.69) is 5.32 Å². The molecule has 1 N–H and O–H groups in total. The minimum Gasteiger partial charge on any atom is -0.493 e. The molecule has 1 aliphatic rings. The monoisotopic (exact) mass is 380 g/mol. The molecule has 146 valence electrons. The molecule has 2 aromatic carbocycles. The van der Waals surface area contributed by atoms with Crippen molar-refractivity contribution in [1.29, 1.82) is 0 Å². The molecule has 0 aliphatic carbocycles. The van der Waals surface area contributed by atoms with E-state index in [1.165, 1.54) is 6.08 Å². The molecular weight excluding hydrogens is 356 g/mol. The molecule has 0 atom stereocenters. The van der Waals surface area contributed by atoms with Crippen LogP contribution in [0.4, 0.5) is 11.4 Å². The highest BCUT2D eigenvalue weighted by Gasteiger charge is 2.23. The van der Waals surface area contributed by atoms with Crippen LogP contribution in [0.2, 0.25) is 0 Å². The third-order valence-corrected chi connectivity index (χ3v) is 4.44. The third-order valence-electron chi connectivity index (χ3n) is 4.44. The van der Waals surface area contributed by atoms with Crippen molar-refractivity contribution in [3.8, 4) is 11.5 Å². The number of methoxy groups -OCH3 is 1. The fourth-order valence-electron chi connectivity index (χ4n) is 3.13. The summed E-state index contributed by atoms with van der Waals surface area (Å²) < 4.78 is 10.8. The van der Waals surface area contributed by atoms with Crippen LogP contribution in [0.5, 0.6) is 11.5 Å². The summed E-state index contributed by atoms with van der Waals surface area (Å²) in [5.41, 5.74) is 2.17. The van der Waals surface area contributed by atoms with E-state index in [-0.39, 0.29) is 11.8 Å². The largest absolute Gasteiger partial charge is 0.493 e. The van der Waals surface area contributed by atoms with Gasteiger partial charge in [-0.05, 0) is 49.2 Å². The molecule has 2 amide bonds. The lowest BCUT2D eigenvalue weighted by Crippen LogP contribution is -2.25. The second-order valence-electron chi connectivity index (χ2n) is 6.33. The van der Waals surface area contributed by atoms with Gasteiger partial charge < -0.3 is 19.7 Å². The van der Waals surface area contributed by atoms with Crippen LogP contribution in [-0.2, 0) is 9.59 Å². The van der Waals surface area contributed by atoms with Crippen LogP contribution in [0, 0.1) is 0 Å². The number of rotatable bonds is 7. The number of benzene rings is 2. The van der Waals surface area contributed by atoms with Crippen LogP contribution in [-0.4, -0.2) is 32.1 Å². The van der Waals surface area contributed by atoms with E-state index in [0.29, 0.717) is 36.8 Å². The first kappa shape index (κ1) is 19.5. The van der Waals surface area contributed by atoms with Crippen molar-refractivity contribution in [2.45, 2.75) is 19.8 Å². The van der Waals surface area contributed by atoms with Crippen molar-refractivity contribution in [3.05, 3.63) is 54.1 Å². The summed E-state index contributed by atoms with van der Waals surface area (Å²) in [5, 5.41) is 2.86. The normalized spacial score (nSPS) is 13.8. The number of carbonyl (C=O) groups is 2. The Balaban J connectivity index is 1.72. The Kier molecular flexibility index (Phi) is 6.32. The maximum Gasteiger partial charge on any atom is 0.248 e. The van der Waals surface area contributed by atoms with Crippen LogP contribution < -0.4 is 19.7 Å². The van der Waals surface area contributed by atoms with Gasteiger partial charge in [0.05, 0.1) is 25.1 Å². The molecule has 1 aliphatic heterocycles. The van der Waals surface area contributed by atoms with Crippen LogP contribution >= 0.6 is 0 Å². The Morgan fingerprint density at radius 3 is 2.75 bits per heavy atom. The summed E-state index contributed by atoms with van der Waals surface area (Å²) in [4.78, 5) is 26.2. The smallest absolute Gasteiger partial charge is 0.248 e. The summed E-state index contributed by atoms with van der Waals surface area (Å²) in [6, 6.07) is 12.8. The van der Waals surface area contributed by atoms with Gasteiger partial charge in [-0.25, -0.2) is 0 Å². The summed E-state index contributed by atoms with van der Waals surface area (Å²) in [6.07, 6.45) is 4.54. The Morgan fingerprint density at radius 1 is 1.21 bits per heavy atom. The van der Waals surface area contributed by atoms with Crippen LogP contribution in [0.25, 0.3) is 6.08 Å². The maximum atomic E-state index is 12.4. The molecule has 0 spiro atoms. The van der Waals surface area contributed by atoms with Crippen molar-refractivity contribution in [2.24, 2.45) is 0 Å². The Morgan fingerprint density at radius 2 is 2.04 bits per heavy atom. The first-order valence-corrected chi connectivity index (χ1v) is 9.31. The predicted molar refractivity (Wildman–Crippen MR) is 110 cm³/mol. The van der Waals surface area contributed by atoms with Crippen molar-refractivity contribution in [3.63, 3.8) is 0 Å². The van der Waals surface area contributed by atoms with E-state index in [1.807, 2.05) is 43.3 Å². The minimum absolute atomic E-state index is 0.0822. The molecular formula is C22H24N2O4. The molecule has 1 fully saturated rings. The molecule has 0 bridgehead atoms. The number of hydrogen-bond acceptors (Lipinski definition) is 4. The van der Waals surface area contributed by atoms with E-state index in [9.17, 15) is 9.59 Å². The molecule has 28 heavy (non-hydrogen) atoms. The average molecular weight is 380 g/mol. The van der Waals surface area contributed by atoms with Gasteiger partial charge >= 0.3 is 0 Å². The molecule has 2 aromatic rings. The van der Waals surface area contributed by atoms with Crippen LogP contribution in [0.3, 0.4) is 0 Å². The van der Waals surface area contributed by atoms with Gasteiger partial charge in [0.25, 0.3) is 0 Å². The molecule has 6 nitrogen and oxygen atoms in total. The van der Waals surface area contributed by atoms with E-state index >= 15 is 0 Å². The van der Waals surface area contributed by atoms with Crippen LogP contribution in [0.1, 0.15) is 25.3 Å². The SMILES string of the molecule is CCOc1ccc(/C=C/C(=O)Nc2ccccc2N2CCCC2=O)cc1OC. The summed E-state index contributed by atoms with van der Waals surface area (Å²) in [5.74, 6) is 1.09. The second kappa shape index (κ2) is 9.08. The van der Waals surface area contributed by atoms with Gasteiger partial charge in [-0.2, -0.15) is 0 Å². The number of ether oxygens (including phenoxy) is 2. The summed E-state index contributed by atoms with van der Waals surface area (Å²) >= 11 is 0. The predicted octanol–water partition coefficient (Wildman–Crippen LogP) is 3.87. The zero-order valence-corrected chi connectivity index (χ0v) is 16.1. The van der Waals surface area contributed by atoms with Crippen LogP contribution in [0.15, 0.2) is 48.5 Å². The van der Waals surface area contributed by atoms with Crippen molar-refractivity contribution in [1.82, 2.24) is 0 Å². The van der Waals surface area contributed by atoms with E-state index in [1.54, 1.807) is 24.2 Å². The molecule has 0 aromatic heterocycles. The van der Waals surface area contributed by atoms with E-state index < -0.39 is 0 Å². The van der Waals surface area contributed by atoms with Crippen molar-refractivity contribution in [2.75, 3.05) is 30.5 Å². The highest BCUT2D eigenvalue weighted by molar-refractivity contribution is 6.06. The third kappa shape index (κ3) is 4.52. The van der Waals surface area contributed by atoms with Gasteiger partial charge in [0, 0.05) is 19.0 Å². The fraction of sp³-hybridized carbons (Fsp3) is 0.273. The van der Waals surface area contributed by atoms with Gasteiger partial charge in [0.1, 0.15) is 0 Å². The van der Waals surface area contributed by atoms with Gasteiger partial charge in [0.2, 0.25) is 11.8 Å². The number of nitrogens with one attached hydrogen (secondary N) is 1. The number of para-hydroxylation sites is 2. The molecule has 0 saturated carbocycles. The summed E-state index contributed by atoms with van der Waals surface area (Å²) in [6.45, 7) is 3.13. The number of hydrogen-bond donors (Lipinski definition) is 1. The number of carbonyl (C=O) groups excluding carboxylic acids is 2. The number of amides is 2. The van der Waals surface area contributed by atoms with Gasteiger partial charge in [0.15, 0.2) is 11.5 Å². The lowest BCUT2D eigenvalue weighted by Gasteiger charge is -2.19. The van der Waals surface area contributed by atoms with Gasteiger partial charge in [-0.15, -0.1) is 0 Å². The second-order valence-corrected chi connectivity index (χ2v) is 6.33. The maximum absolute atomic E-state index is 12.4. The lowest BCUT2D eigenvalue weighted by atomic mass is 10.2. The first-order chi connectivity index (χ1) is 13.6. The molecule has 1 saturated heterocycles. The topological polar surface area (TPSA) is 67.9 Å². The Hall–Kier alpha value is -3.28. The average Bonchev–Trinajstić information content (AvgIpc) is 3.13. The highest BCUT2D eigenvalue weighted by Crippen LogP contribution is 2.30. The van der Waals surface area contributed by atoms with Gasteiger partial charge in [-0.1, -0.05) is 18.2 Å². The Labute approximate surface area is 164 Å². The zero-order chi connectivity index (χ0) is 19.9. The molecule has 0 radical (unpaired) electrons. The van der Waals surface area contributed by atoms with Gasteiger partial charge in [-0.3, -0.25) is 9.59 Å². The standard InChI is InChI=1S/C22H24N2O4/c1-3-28-19-12-10-16(15-20(19)27-2)11-13-21(25)23-17-7-4-5-8-18(17)24-14-6-9-22(24)26/h4-5,7-8,10-13,15H,3,6,9,14H2,1-2H3,(H,23,25)/b13-11+. The lowest BCUT2D eigenvalue weighted by molar-refractivity contribution is -0.117. The molecule has 0 unspecified atom stereocenters. The van der Waals surface area contributed by atoms with Crippen molar-refractivity contribution < 1.29 is 19.1 Å². The van der Waals surface area contributed by atoms with E-state index in [0.717, 1.165) is 17.7 Å². The first-order valence-electron chi connectivity index (χ1n) is 9.31. The molecule has 6 heteroatoms. The minimum atomic E-state index is -0.271. The zero-order valence-electron chi connectivity index (χ0n) is 16.1.